The van der Waals surface area contributed by atoms with Gasteiger partial charge in [-0.2, -0.15) is 0 Å². The van der Waals surface area contributed by atoms with Crippen LogP contribution in [0.2, 0.25) is 0 Å². The van der Waals surface area contributed by atoms with E-state index in [1.807, 2.05) is 62.5 Å². The summed E-state index contributed by atoms with van der Waals surface area (Å²) >= 11 is 0. The van der Waals surface area contributed by atoms with Gasteiger partial charge in [-0.15, -0.1) is 0 Å². The van der Waals surface area contributed by atoms with Gasteiger partial charge in [-0.3, -0.25) is 4.79 Å². The van der Waals surface area contributed by atoms with Crippen molar-refractivity contribution in [2.24, 2.45) is 7.05 Å². The highest BCUT2D eigenvalue weighted by molar-refractivity contribution is 6.00. The van der Waals surface area contributed by atoms with Crippen LogP contribution in [0.3, 0.4) is 0 Å². The van der Waals surface area contributed by atoms with E-state index in [1.54, 1.807) is 0 Å². The Morgan fingerprint density at radius 3 is 2.44 bits per heavy atom. The minimum absolute atomic E-state index is 0. The molecule has 0 atom stereocenters. The lowest BCUT2D eigenvalue weighted by molar-refractivity contribution is -0.652. The first-order chi connectivity index (χ1) is 11.6. The number of ketones is 1. The van der Waals surface area contributed by atoms with E-state index in [1.165, 1.54) is 0 Å². The molecule has 0 amide bonds. The lowest BCUT2D eigenvalue weighted by Gasteiger charge is -2.03. The van der Waals surface area contributed by atoms with Gasteiger partial charge in [0.15, 0.2) is 17.6 Å². The van der Waals surface area contributed by atoms with E-state index in [9.17, 15) is 4.79 Å². The molecule has 3 nitrogen and oxygen atoms in total. The van der Waals surface area contributed by atoms with Gasteiger partial charge in [0, 0.05) is 12.5 Å². The maximum atomic E-state index is 12.8. The van der Waals surface area contributed by atoms with Crippen molar-refractivity contribution < 1.29 is 26.3 Å². The van der Waals surface area contributed by atoms with E-state index >= 15 is 0 Å². The molecule has 25 heavy (non-hydrogen) atoms. The Bertz CT molecular complexity index is 1080. The topological polar surface area (TPSA) is 25.9 Å². The fourth-order valence-corrected chi connectivity index (χ4v) is 3.30. The number of rotatable bonds is 3. The van der Waals surface area contributed by atoms with Crippen LogP contribution >= 0.6 is 0 Å². The molecule has 126 valence electrons. The van der Waals surface area contributed by atoms with Crippen molar-refractivity contribution >= 4 is 27.6 Å². The van der Waals surface area contributed by atoms with Gasteiger partial charge < -0.3 is 17.0 Å². The maximum Gasteiger partial charge on any atom is 0.254 e. The summed E-state index contributed by atoms with van der Waals surface area (Å²) in [6, 6.07) is 22.2. The molecule has 1 aromatic heterocycles. The molecule has 0 N–H and O–H groups in total. The minimum Gasteiger partial charge on any atom is -1.00 e. The van der Waals surface area contributed by atoms with Crippen LogP contribution in [0, 0.1) is 6.92 Å². The normalized spacial score (nSPS) is 10.8. The highest BCUT2D eigenvalue weighted by Gasteiger charge is 2.21. The van der Waals surface area contributed by atoms with Gasteiger partial charge in [-0.1, -0.05) is 48.5 Å². The van der Waals surface area contributed by atoms with Crippen LogP contribution in [0.5, 0.6) is 0 Å². The minimum atomic E-state index is 0. The molecule has 0 fully saturated rings. The molecule has 4 heteroatoms. The van der Waals surface area contributed by atoms with E-state index < -0.39 is 0 Å². The Balaban J connectivity index is 0.00000182. The first-order valence-electron chi connectivity index (χ1n) is 8.11. The third-order valence-electron chi connectivity index (χ3n) is 4.78. The highest BCUT2D eigenvalue weighted by Crippen LogP contribution is 2.18. The number of hydrogen-bond donors (Lipinski definition) is 0. The zero-order chi connectivity index (χ0) is 16.7. The number of para-hydroxylation sites is 2. The predicted molar refractivity (Wildman–Crippen MR) is 96.1 cm³/mol. The molecule has 0 unspecified atom stereocenters. The molecule has 0 radical (unpaired) electrons. The molecule has 4 aromatic rings. The number of aromatic nitrogens is 2. The van der Waals surface area contributed by atoms with Crippen molar-refractivity contribution in [3.8, 4) is 0 Å². The molecule has 0 spiro atoms. The average molecular weight is 395 g/mol. The van der Waals surface area contributed by atoms with Crippen LogP contribution in [0.4, 0.5) is 0 Å². The summed E-state index contributed by atoms with van der Waals surface area (Å²) in [7, 11) is 2.04. The highest BCUT2D eigenvalue weighted by atomic mass is 79.9. The smallest absolute Gasteiger partial charge is 0.254 e. The summed E-state index contributed by atoms with van der Waals surface area (Å²) < 4.78 is 4.22. The van der Waals surface area contributed by atoms with Crippen LogP contribution in [-0.4, -0.2) is 10.4 Å². The number of halogens is 1. The number of aryl methyl sites for hydroxylation is 1. The number of carbonyl (C=O) groups is 1. The summed E-state index contributed by atoms with van der Waals surface area (Å²) in [6.45, 7) is 2.40. The lowest BCUT2D eigenvalue weighted by atomic mass is 10.0. The summed E-state index contributed by atoms with van der Waals surface area (Å²) in [5.41, 5.74) is 2.99. The van der Waals surface area contributed by atoms with E-state index in [-0.39, 0.29) is 22.8 Å². The molecular weight excluding hydrogens is 376 g/mol. The third-order valence-corrected chi connectivity index (χ3v) is 4.78. The molecule has 0 aliphatic heterocycles. The summed E-state index contributed by atoms with van der Waals surface area (Å²) in [5, 5.41) is 2.26. The molecular formula is C21H19BrN2O. The molecule has 1 heterocycles. The third kappa shape index (κ3) is 2.98. The molecule has 0 aliphatic rings. The Labute approximate surface area is 157 Å². The van der Waals surface area contributed by atoms with E-state index in [0.717, 1.165) is 33.2 Å². The molecule has 0 bridgehead atoms. The van der Waals surface area contributed by atoms with Crippen molar-refractivity contribution in [3.05, 3.63) is 78.1 Å². The van der Waals surface area contributed by atoms with Gasteiger partial charge >= 0.3 is 0 Å². The van der Waals surface area contributed by atoms with E-state index in [2.05, 4.69) is 27.3 Å². The second kappa shape index (κ2) is 6.81. The zero-order valence-corrected chi connectivity index (χ0v) is 15.8. The summed E-state index contributed by atoms with van der Waals surface area (Å²) in [4.78, 5) is 12.8. The van der Waals surface area contributed by atoms with Crippen molar-refractivity contribution in [1.82, 2.24) is 4.57 Å². The van der Waals surface area contributed by atoms with Crippen LogP contribution in [0.15, 0.2) is 66.7 Å². The van der Waals surface area contributed by atoms with Crippen LogP contribution in [-0.2, 0) is 13.6 Å². The zero-order valence-electron chi connectivity index (χ0n) is 14.2. The molecule has 4 rings (SSSR count). The Morgan fingerprint density at radius 2 is 1.64 bits per heavy atom. The molecule has 3 aromatic carbocycles. The Hall–Kier alpha value is -2.46. The number of carbonyl (C=O) groups excluding carboxylic acids is 1. The quantitative estimate of drug-likeness (QED) is 0.373. The fourth-order valence-electron chi connectivity index (χ4n) is 3.30. The number of imidazole rings is 1. The van der Waals surface area contributed by atoms with Gasteiger partial charge in [0.05, 0.1) is 7.05 Å². The van der Waals surface area contributed by atoms with Crippen molar-refractivity contribution in [2.45, 2.75) is 13.5 Å². The van der Waals surface area contributed by atoms with Crippen molar-refractivity contribution in [1.29, 1.82) is 0 Å². The van der Waals surface area contributed by atoms with Crippen LogP contribution in [0.25, 0.3) is 21.8 Å². The van der Waals surface area contributed by atoms with Crippen LogP contribution in [0.1, 0.15) is 16.2 Å². The maximum absolute atomic E-state index is 12.8. The standard InChI is InChI=1S/C21H19N2O.BrH/c1-15-22(2)19-9-5-6-10-20(19)23(15)14-21(24)18-12-11-16-7-3-4-8-17(16)13-18;/h3-13H,14H2,1-2H3;1H/q+1;/p-1. The molecule has 0 saturated heterocycles. The van der Waals surface area contributed by atoms with Gasteiger partial charge in [0.2, 0.25) is 5.78 Å². The van der Waals surface area contributed by atoms with Crippen molar-refractivity contribution in [3.63, 3.8) is 0 Å². The van der Waals surface area contributed by atoms with Crippen molar-refractivity contribution in [2.75, 3.05) is 0 Å². The largest absolute Gasteiger partial charge is 1.00 e. The Kier molecular flexibility index (Phi) is 4.73. The first-order valence-corrected chi connectivity index (χ1v) is 8.11. The second-order valence-corrected chi connectivity index (χ2v) is 6.17. The number of Topliss-reactive ketones (excluding diaryl/α,β-unsaturated/α-hetero) is 1. The van der Waals surface area contributed by atoms with Gasteiger partial charge in [-0.05, 0) is 29.0 Å². The van der Waals surface area contributed by atoms with Gasteiger partial charge in [-0.25, -0.2) is 9.13 Å². The number of fused-ring (bicyclic) bond motifs is 2. The number of benzene rings is 3. The molecule has 0 saturated carbocycles. The van der Waals surface area contributed by atoms with E-state index in [0.29, 0.717) is 6.54 Å². The monoisotopic (exact) mass is 394 g/mol. The molecule has 0 aliphatic carbocycles. The SMILES string of the molecule is Cc1n(CC(=O)c2ccc3ccccc3c2)c2ccccc2[n+]1C.[Br-]. The number of nitrogens with zero attached hydrogens (tertiary/aromatic N) is 2. The van der Waals surface area contributed by atoms with Gasteiger partial charge in [0.25, 0.3) is 5.82 Å². The summed E-state index contributed by atoms with van der Waals surface area (Å²) in [5.74, 6) is 1.20. The average Bonchev–Trinajstić information content (AvgIpc) is 2.86. The van der Waals surface area contributed by atoms with E-state index in [4.69, 9.17) is 0 Å². The fraction of sp³-hybridized carbons (Fsp3) is 0.143. The second-order valence-electron chi connectivity index (χ2n) is 6.17. The lowest BCUT2D eigenvalue weighted by Crippen LogP contribution is -3.00. The first kappa shape index (κ1) is 17.4. The predicted octanol–water partition coefficient (Wildman–Crippen LogP) is 0.814. The van der Waals surface area contributed by atoms with Gasteiger partial charge in [0.1, 0.15) is 0 Å². The van der Waals surface area contributed by atoms with Crippen LogP contribution < -0.4 is 21.5 Å². The Morgan fingerprint density at radius 1 is 0.960 bits per heavy atom. The summed E-state index contributed by atoms with van der Waals surface area (Å²) in [6.07, 6.45) is 0. The number of hydrogen-bond acceptors (Lipinski definition) is 1.